The number of ether oxygens (including phenoxy) is 3. The zero-order valence-corrected chi connectivity index (χ0v) is 25.8. The summed E-state index contributed by atoms with van der Waals surface area (Å²) in [5, 5.41) is 15.3. The first-order valence-corrected chi connectivity index (χ1v) is 14.9. The molecule has 0 bridgehead atoms. The average molecular weight is 597 g/mol. The van der Waals surface area contributed by atoms with E-state index in [1.54, 1.807) is 12.1 Å². The molecule has 1 aliphatic rings. The summed E-state index contributed by atoms with van der Waals surface area (Å²) in [6, 6.07) is 7.27. The van der Waals surface area contributed by atoms with Crippen LogP contribution in [0.15, 0.2) is 24.3 Å². The highest BCUT2D eigenvalue weighted by atomic mass is 35.5. The van der Waals surface area contributed by atoms with Crippen molar-refractivity contribution in [3.63, 3.8) is 0 Å². The summed E-state index contributed by atoms with van der Waals surface area (Å²) < 4.78 is 17.1. The van der Waals surface area contributed by atoms with Gasteiger partial charge in [-0.1, -0.05) is 49.9 Å². The van der Waals surface area contributed by atoms with Gasteiger partial charge in [-0.25, -0.2) is 0 Å². The molecule has 1 saturated heterocycles. The van der Waals surface area contributed by atoms with E-state index in [0.29, 0.717) is 72.3 Å². The van der Waals surface area contributed by atoms with E-state index in [4.69, 9.17) is 37.4 Å². The van der Waals surface area contributed by atoms with E-state index >= 15 is 0 Å². The fraction of sp³-hybridized carbons (Fsp3) is 0.600. The van der Waals surface area contributed by atoms with Crippen molar-refractivity contribution < 1.29 is 24.1 Å². The second-order valence-corrected chi connectivity index (χ2v) is 12.1. The van der Waals surface area contributed by atoms with Gasteiger partial charge in [-0.3, -0.25) is 4.79 Å². The SMILES string of the molecule is CCCCOc1ccc(Nc2cc(Cl)c(N3CCC(O)(CC(=O)OC(C)(C)C)CC3)cc2Cl)c(OCCCC)n1. The first-order chi connectivity index (χ1) is 18.9. The van der Waals surface area contributed by atoms with Crippen molar-refractivity contribution in [1.82, 2.24) is 4.98 Å². The van der Waals surface area contributed by atoms with Crippen LogP contribution in [0.5, 0.6) is 11.8 Å². The van der Waals surface area contributed by atoms with Crippen LogP contribution in [0.4, 0.5) is 17.1 Å². The summed E-state index contributed by atoms with van der Waals surface area (Å²) in [4.78, 5) is 18.9. The number of nitrogens with zero attached hydrogens (tertiary/aromatic N) is 2. The minimum Gasteiger partial charge on any atom is -0.478 e. The molecule has 2 N–H and O–H groups in total. The number of esters is 1. The number of carbonyl (C=O) groups excluding carboxylic acids is 1. The Morgan fingerprint density at radius 1 is 1.02 bits per heavy atom. The molecule has 1 aliphatic heterocycles. The number of rotatable bonds is 13. The Balaban J connectivity index is 1.70. The molecule has 1 aromatic heterocycles. The molecule has 0 spiro atoms. The third-order valence-corrected chi connectivity index (χ3v) is 7.17. The molecule has 2 aromatic rings. The lowest BCUT2D eigenvalue weighted by atomic mass is 9.88. The van der Waals surface area contributed by atoms with E-state index in [1.165, 1.54) is 0 Å². The van der Waals surface area contributed by atoms with Crippen LogP contribution in [0.25, 0.3) is 0 Å². The van der Waals surface area contributed by atoms with Crippen molar-refractivity contribution in [2.45, 2.75) is 90.8 Å². The highest BCUT2D eigenvalue weighted by Crippen LogP contribution is 2.40. The molecule has 1 fully saturated rings. The number of carbonyl (C=O) groups is 1. The number of benzene rings is 1. The lowest BCUT2D eigenvalue weighted by Crippen LogP contribution is -2.46. The standard InChI is InChI=1S/C30H43Cl2N3O5/c1-6-8-16-38-26-11-10-23(28(34-26)39-17-9-7-2)33-24-18-22(32)25(19-21(24)31)35-14-12-30(37,13-15-35)20-27(36)40-29(3,4)5/h10-11,18-19,33,37H,6-9,12-17,20H2,1-5H3. The van der Waals surface area contributed by atoms with E-state index in [9.17, 15) is 9.90 Å². The van der Waals surface area contributed by atoms with E-state index in [0.717, 1.165) is 31.4 Å². The normalized spacial score (nSPS) is 15.1. The lowest BCUT2D eigenvalue weighted by molar-refractivity contribution is -0.161. The molecule has 1 aromatic carbocycles. The molecule has 3 rings (SSSR count). The molecular weight excluding hydrogens is 553 g/mol. The van der Waals surface area contributed by atoms with Crippen LogP contribution < -0.4 is 19.7 Å². The summed E-state index contributed by atoms with van der Waals surface area (Å²) in [5.74, 6) is 0.564. The number of halogens is 2. The largest absolute Gasteiger partial charge is 0.478 e. The molecule has 0 aliphatic carbocycles. The molecule has 0 saturated carbocycles. The van der Waals surface area contributed by atoms with Gasteiger partial charge in [-0.05, 0) is 64.7 Å². The van der Waals surface area contributed by atoms with E-state index < -0.39 is 17.2 Å². The maximum absolute atomic E-state index is 12.3. The molecule has 8 nitrogen and oxygen atoms in total. The van der Waals surface area contributed by atoms with Crippen LogP contribution in [-0.4, -0.2) is 53.6 Å². The smallest absolute Gasteiger partial charge is 0.309 e. The van der Waals surface area contributed by atoms with Crippen LogP contribution in [0.1, 0.15) is 79.6 Å². The van der Waals surface area contributed by atoms with Crippen molar-refractivity contribution in [3.8, 4) is 11.8 Å². The van der Waals surface area contributed by atoms with Gasteiger partial charge in [0.1, 0.15) is 11.3 Å². The monoisotopic (exact) mass is 595 g/mol. The van der Waals surface area contributed by atoms with Crippen molar-refractivity contribution in [2.75, 3.05) is 36.5 Å². The van der Waals surface area contributed by atoms with Crippen LogP contribution in [-0.2, 0) is 9.53 Å². The van der Waals surface area contributed by atoms with Gasteiger partial charge in [0.2, 0.25) is 11.8 Å². The van der Waals surface area contributed by atoms with Gasteiger partial charge >= 0.3 is 5.97 Å². The summed E-state index contributed by atoms with van der Waals surface area (Å²) >= 11 is 13.4. The molecular formula is C30H43Cl2N3O5. The highest BCUT2D eigenvalue weighted by molar-refractivity contribution is 6.37. The second-order valence-electron chi connectivity index (χ2n) is 11.3. The van der Waals surface area contributed by atoms with E-state index in [1.807, 2.05) is 32.9 Å². The Morgan fingerprint density at radius 2 is 1.68 bits per heavy atom. The molecule has 0 atom stereocenters. The van der Waals surface area contributed by atoms with E-state index in [2.05, 4.69) is 29.0 Å². The van der Waals surface area contributed by atoms with Crippen LogP contribution in [0.3, 0.4) is 0 Å². The summed E-state index contributed by atoms with van der Waals surface area (Å²) in [7, 11) is 0. The van der Waals surface area contributed by atoms with Crippen LogP contribution >= 0.6 is 23.2 Å². The quantitative estimate of drug-likeness (QED) is 0.181. The van der Waals surface area contributed by atoms with Crippen LogP contribution in [0.2, 0.25) is 10.0 Å². The van der Waals surface area contributed by atoms with Crippen LogP contribution in [0, 0.1) is 0 Å². The van der Waals surface area contributed by atoms with E-state index in [-0.39, 0.29) is 6.42 Å². The molecule has 2 heterocycles. The summed E-state index contributed by atoms with van der Waals surface area (Å²) in [6.45, 7) is 11.9. The fourth-order valence-electron chi connectivity index (χ4n) is 4.35. The maximum Gasteiger partial charge on any atom is 0.309 e. The molecule has 222 valence electrons. The zero-order valence-electron chi connectivity index (χ0n) is 24.3. The van der Waals surface area contributed by atoms with Gasteiger partial charge in [0.05, 0.1) is 46.7 Å². The number of nitrogens with one attached hydrogen (secondary N) is 1. The Bertz CT molecular complexity index is 1130. The first kappa shape index (κ1) is 32.1. The Morgan fingerprint density at radius 3 is 2.30 bits per heavy atom. The van der Waals surface area contributed by atoms with Crippen molar-refractivity contribution in [3.05, 3.63) is 34.3 Å². The second kappa shape index (κ2) is 14.5. The molecule has 0 radical (unpaired) electrons. The predicted octanol–water partition coefficient (Wildman–Crippen LogP) is 7.55. The molecule has 0 amide bonds. The lowest BCUT2D eigenvalue weighted by Gasteiger charge is -2.39. The van der Waals surface area contributed by atoms with Crippen molar-refractivity contribution in [1.29, 1.82) is 0 Å². The predicted molar refractivity (Wildman–Crippen MR) is 162 cm³/mol. The third-order valence-electron chi connectivity index (χ3n) is 6.55. The third kappa shape index (κ3) is 9.60. The average Bonchev–Trinajstić information content (AvgIpc) is 2.87. The number of unbranched alkanes of at least 4 members (excludes halogenated alkanes) is 2. The van der Waals surface area contributed by atoms with Gasteiger partial charge in [0.15, 0.2) is 0 Å². The maximum atomic E-state index is 12.3. The first-order valence-electron chi connectivity index (χ1n) is 14.1. The number of pyridine rings is 1. The van der Waals surface area contributed by atoms with Crippen molar-refractivity contribution in [2.24, 2.45) is 0 Å². The molecule has 10 heteroatoms. The number of hydrogen-bond acceptors (Lipinski definition) is 8. The molecule has 0 unspecified atom stereocenters. The van der Waals surface area contributed by atoms with Gasteiger partial charge in [0, 0.05) is 19.2 Å². The number of hydrogen-bond donors (Lipinski definition) is 2. The van der Waals surface area contributed by atoms with Gasteiger partial charge < -0.3 is 29.5 Å². The summed E-state index contributed by atoms with van der Waals surface area (Å²) in [6.07, 6.45) is 4.70. The highest BCUT2D eigenvalue weighted by Gasteiger charge is 2.36. The Labute approximate surface area is 248 Å². The number of anilines is 3. The fourth-order valence-corrected chi connectivity index (χ4v) is 4.84. The number of piperidine rings is 1. The van der Waals surface area contributed by atoms with Gasteiger partial charge in [-0.2, -0.15) is 4.98 Å². The summed E-state index contributed by atoms with van der Waals surface area (Å²) in [5.41, 5.74) is 0.362. The van der Waals surface area contributed by atoms with Gasteiger partial charge in [-0.15, -0.1) is 0 Å². The number of aromatic nitrogens is 1. The Kier molecular flexibility index (Phi) is 11.6. The number of aliphatic hydroxyl groups is 1. The molecule has 40 heavy (non-hydrogen) atoms. The minimum atomic E-state index is -1.11. The van der Waals surface area contributed by atoms with Gasteiger partial charge in [0.25, 0.3) is 0 Å². The Hall–Kier alpha value is -2.42. The topological polar surface area (TPSA) is 93.2 Å². The van der Waals surface area contributed by atoms with Crippen molar-refractivity contribution >= 4 is 46.2 Å². The minimum absolute atomic E-state index is 0.0331. The zero-order chi connectivity index (χ0) is 29.3.